The molecule has 0 saturated carbocycles. The number of ether oxygens (including phenoxy) is 1. The van der Waals surface area contributed by atoms with Crippen LogP contribution in [0, 0.1) is 0 Å². The van der Waals surface area contributed by atoms with Crippen molar-refractivity contribution in [3.63, 3.8) is 0 Å². The highest BCUT2D eigenvalue weighted by atomic mass is 31.2. The Hall–Kier alpha value is -3.51. The van der Waals surface area contributed by atoms with Gasteiger partial charge in [0.1, 0.15) is 12.7 Å². The van der Waals surface area contributed by atoms with E-state index in [0.717, 1.165) is 4.90 Å². The Morgan fingerprint density at radius 3 is 2.17 bits per heavy atom. The van der Waals surface area contributed by atoms with E-state index < -0.39 is 25.5 Å². The van der Waals surface area contributed by atoms with Crippen molar-refractivity contribution in [3.05, 3.63) is 48.0 Å². The third kappa shape index (κ3) is 6.79. The first-order valence-corrected chi connectivity index (χ1v) is 14.6. The van der Waals surface area contributed by atoms with Crippen molar-refractivity contribution in [2.75, 3.05) is 27.0 Å². The van der Waals surface area contributed by atoms with E-state index >= 15 is 0 Å². The summed E-state index contributed by atoms with van der Waals surface area (Å²) in [5.74, 6) is -0.463. The number of imidazole rings is 1. The highest BCUT2D eigenvalue weighted by molar-refractivity contribution is 7.53. The van der Waals surface area contributed by atoms with Crippen molar-refractivity contribution in [1.29, 1.82) is 0 Å². The topological polar surface area (TPSA) is 141 Å². The number of nitrogens with zero attached hydrogens (tertiary/aromatic N) is 7. The van der Waals surface area contributed by atoms with E-state index in [-0.39, 0.29) is 31.6 Å². The van der Waals surface area contributed by atoms with E-state index in [0.29, 0.717) is 28.1 Å². The van der Waals surface area contributed by atoms with Gasteiger partial charge in [0.25, 0.3) is 11.8 Å². The van der Waals surface area contributed by atoms with E-state index in [2.05, 4.69) is 19.9 Å². The maximum Gasteiger partial charge on any atom is 0.356 e. The Labute approximate surface area is 232 Å². The normalized spacial score (nSPS) is 14.8. The lowest BCUT2D eigenvalue weighted by molar-refractivity contribution is 0.0225. The summed E-state index contributed by atoms with van der Waals surface area (Å²) >= 11 is 0. The largest absolute Gasteiger partial charge is 0.369 e. The minimum absolute atomic E-state index is 0.105. The number of carbonyl (C=O) groups is 2. The molecule has 214 valence electrons. The number of aliphatic imine (C=N–C) groups is 1. The summed E-state index contributed by atoms with van der Waals surface area (Å²) in [6.07, 6.45) is 2.61. The minimum atomic E-state index is -3.67. The van der Waals surface area contributed by atoms with Crippen LogP contribution in [0.1, 0.15) is 48.4 Å². The van der Waals surface area contributed by atoms with Gasteiger partial charge in [-0.05, 0) is 39.8 Å². The van der Waals surface area contributed by atoms with Crippen LogP contribution in [0.25, 0.3) is 11.2 Å². The standard InChI is InChI=1S/C26H34N7O6P/c1-17(2)38-40(36,39-18(3)4)16-37-19(12-33-25(34)20-9-7-8-10-21(20)26(33)35)11-32-15-29-22-23(30-14-31(5)6)27-13-28-24(22)32/h7-10,13-15,17-19H,11-12,16H2,1-6H3/b30-14+. The Morgan fingerprint density at radius 1 is 0.975 bits per heavy atom. The molecule has 0 bridgehead atoms. The van der Waals surface area contributed by atoms with Crippen LogP contribution in [0.15, 0.2) is 41.9 Å². The van der Waals surface area contributed by atoms with Gasteiger partial charge in [0.15, 0.2) is 17.0 Å². The van der Waals surface area contributed by atoms with Gasteiger partial charge in [-0.1, -0.05) is 12.1 Å². The van der Waals surface area contributed by atoms with Crippen molar-refractivity contribution in [2.24, 2.45) is 4.99 Å². The summed E-state index contributed by atoms with van der Waals surface area (Å²) in [7, 11) is 0.0106. The van der Waals surface area contributed by atoms with Crippen LogP contribution >= 0.6 is 7.60 Å². The molecule has 1 unspecified atom stereocenters. The molecule has 0 saturated heterocycles. The van der Waals surface area contributed by atoms with E-state index in [4.69, 9.17) is 13.8 Å². The molecule has 14 heteroatoms. The molecule has 0 spiro atoms. The Balaban J connectivity index is 1.63. The molecule has 2 amide bonds. The molecule has 1 aromatic carbocycles. The summed E-state index contributed by atoms with van der Waals surface area (Å²) < 4.78 is 32.6. The highest BCUT2D eigenvalue weighted by Gasteiger charge is 2.38. The van der Waals surface area contributed by atoms with Crippen LogP contribution in [-0.4, -0.2) is 92.8 Å². The number of rotatable bonds is 13. The first-order chi connectivity index (χ1) is 19.0. The summed E-state index contributed by atoms with van der Waals surface area (Å²) in [5.41, 5.74) is 1.61. The maximum absolute atomic E-state index is 13.5. The molecular formula is C26H34N7O6P. The average molecular weight is 572 g/mol. The van der Waals surface area contributed by atoms with Crippen LogP contribution in [0.5, 0.6) is 0 Å². The number of carbonyl (C=O) groups excluding carboxylic acids is 2. The van der Waals surface area contributed by atoms with E-state index in [1.54, 1.807) is 74.1 Å². The molecular weight excluding hydrogens is 537 g/mol. The minimum Gasteiger partial charge on any atom is -0.369 e. The second-order valence-electron chi connectivity index (χ2n) is 10.1. The van der Waals surface area contributed by atoms with Crippen molar-refractivity contribution in [1.82, 2.24) is 29.3 Å². The molecule has 3 heterocycles. The van der Waals surface area contributed by atoms with Crippen molar-refractivity contribution < 1.29 is 27.9 Å². The zero-order chi connectivity index (χ0) is 29.0. The van der Waals surface area contributed by atoms with Crippen LogP contribution in [0.4, 0.5) is 5.82 Å². The predicted octanol–water partition coefficient (Wildman–Crippen LogP) is 3.73. The summed E-state index contributed by atoms with van der Waals surface area (Å²) in [5, 5.41) is 0. The highest BCUT2D eigenvalue weighted by Crippen LogP contribution is 2.50. The Bertz CT molecular complexity index is 1410. The first kappa shape index (κ1) is 29.5. The van der Waals surface area contributed by atoms with Crippen molar-refractivity contribution in [3.8, 4) is 0 Å². The fourth-order valence-corrected chi connectivity index (χ4v) is 6.03. The van der Waals surface area contributed by atoms with Crippen molar-refractivity contribution in [2.45, 2.75) is 52.6 Å². The molecule has 13 nitrogen and oxygen atoms in total. The van der Waals surface area contributed by atoms with E-state index in [1.807, 2.05) is 14.1 Å². The number of amides is 2. The molecule has 2 aromatic heterocycles. The van der Waals surface area contributed by atoms with Gasteiger partial charge in [-0.15, -0.1) is 0 Å². The fraction of sp³-hybridized carbons (Fsp3) is 0.462. The molecule has 0 radical (unpaired) electrons. The van der Waals surface area contributed by atoms with Gasteiger partial charge in [0, 0.05) is 14.1 Å². The molecule has 1 aliphatic rings. The molecule has 1 atom stereocenters. The third-order valence-electron chi connectivity index (χ3n) is 5.67. The monoisotopic (exact) mass is 571 g/mol. The third-order valence-corrected chi connectivity index (χ3v) is 7.62. The molecule has 40 heavy (non-hydrogen) atoms. The van der Waals surface area contributed by atoms with Gasteiger partial charge in [0.2, 0.25) is 0 Å². The average Bonchev–Trinajstić information content (AvgIpc) is 3.40. The second-order valence-corrected chi connectivity index (χ2v) is 12.0. The lowest BCUT2D eigenvalue weighted by atomic mass is 10.1. The number of hydrogen-bond acceptors (Lipinski definition) is 10. The van der Waals surface area contributed by atoms with Gasteiger partial charge < -0.3 is 23.3 Å². The molecule has 3 aromatic rings. The summed E-state index contributed by atoms with van der Waals surface area (Å²) in [4.78, 5) is 46.5. The summed E-state index contributed by atoms with van der Waals surface area (Å²) in [6.45, 7) is 7.02. The number of benzene rings is 1. The quantitative estimate of drug-likeness (QED) is 0.129. The van der Waals surface area contributed by atoms with Gasteiger partial charge >= 0.3 is 7.60 Å². The number of fused-ring (bicyclic) bond motifs is 2. The SMILES string of the molecule is CC(C)OP(=O)(COC(CN1C(=O)c2ccccc2C1=O)Cn1cnc2c(/N=C/N(C)C)ncnc21)OC(C)C. The van der Waals surface area contributed by atoms with Gasteiger partial charge in [-0.3, -0.25) is 19.1 Å². The van der Waals surface area contributed by atoms with Gasteiger partial charge in [0.05, 0.1) is 55.2 Å². The smallest absolute Gasteiger partial charge is 0.356 e. The van der Waals surface area contributed by atoms with Crippen LogP contribution in [-0.2, 0) is 24.9 Å². The lowest BCUT2D eigenvalue weighted by Crippen LogP contribution is -2.40. The lowest BCUT2D eigenvalue weighted by Gasteiger charge is -2.27. The molecule has 0 N–H and O–H groups in total. The molecule has 0 fully saturated rings. The summed E-state index contributed by atoms with van der Waals surface area (Å²) in [6, 6.07) is 6.64. The van der Waals surface area contributed by atoms with Crippen LogP contribution in [0.3, 0.4) is 0 Å². The second kappa shape index (κ2) is 12.3. The molecule has 1 aliphatic heterocycles. The van der Waals surface area contributed by atoms with Crippen LogP contribution in [0.2, 0.25) is 0 Å². The predicted molar refractivity (Wildman–Crippen MR) is 149 cm³/mol. The zero-order valence-corrected chi connectivity index (χ0v) is 24.3. The molecule has 0 aliphatic carbocycles. The van der Waals surface area contributed by atoms with Crippen LogP contribution < -0.4 is 0 Å². The molecule has 4 rings (SSSR count). The Kier molecular flexibility index (Phi) is 9.09. The fourth-order valence-electron chi connectivity index (χ4n) is 4.18. The number of imide groups is 1. The van der Waals surface area contributed by atoms with Crippen molar-refractivity contribution >= 4 is 42.7 Å². The zero-order valence-electron chi connectivity index (χ0n) is 23.4. The van der Waals surface area contributed by atoms with Gasteiger partial charge in [-0.2, -0.15) is 0 Å². The number of hydrogen-bond donors (Lipinski definition) is 0. The Morgan fingerprint density at radius 2 is 1.60 bits per heavy atom. The first-order valence-electron chi connectivity index (χ1n) is 12.9. The maximum atomic E-state index is 13.5. The van der Waals surface area contributed by atoms with Gasteiger partial charge in [-0.25, -0.2) is 19.9 Å². The van der Waals surface area contributed by atoms with E-state index in [1.165, 1.54) is 6.33 Å². The number of aromatic nitrogens is 4. The van der Waals surface area contributed by atoms with E-state index in [9.17, 15) is 14.2 Å².